The molecule has 0 aliphatic rings. The first-order valence-corrected chi connectivity index (χ1v) is 3.37. The predicted octanol–water partition coefficient (Wildman–Crippen LogP) is -1.29. The minimum atomic E-state index is -1.01. The first-order chi connectivity index (χ1) is 4.95. The number of nitrogens with two attached hydrogens (primary N) is 1. The van der Waals surface area contributed by atoms with Gasteiger partial charge in [0, 0.05) is 6.04 Å². The second kappa shape index (κ2) is 4.27. The maximum Gasteiger partial charge on any atom is 0.320 e. The van der Waals surface area contributed by atoms with Crippen LogP contribution in [0.5, 0.6) is 0 Å². The summed E-state index contributed by atoms with van der Waals surface area (Å²) in [5.74, 6) is -1.01. The molecule has 3 atom stereocenters. The number of carboxylic acids is 1. The minimum Gasteiger partial charge on any atom is -0.480 e. The van der Waals surface area contributed by atoms with Gasteiger partial charge in [-0.05, 0) is 13.8 Å². The van der Waals surface area contributed by atoms with E-state index in [1.807, 2.05) is 0 Å². The molecular weight excluding hydrogens is 148 g/mol. The Bertz CT molecular complexity index is 138. The number of rotatable bonds is 4. The molecule has 0 amide bonds. The van der Waals surface area contributed by atoms with Crippen LogP contribution in [0.25, 0.3) is 0 Å². The van der Waals surface area contributed by atoms with E-state index in [1.54, 1.807) is 6.92 Å². The van der Waals surface area contributed by atoms with Crippen LogP contribution in [0.15, 0.2) is 0 Å². The van der Waals surface area contributed by atoms with Crippen molar-refractivity contribution < 1.29 is 15.0 Å². The molecule has 5 nitrogen and oxygen atoms in total. The first-order valence-electron chi connectivity index (χ1n) is 3.37. The van der Waals surface area contributed by atoms with E-state index in [0.717, 1.165) is 0 Å². The van der Waals surface area contributed by atoms with Crippen molar-refractivity contribution in [2.24, 2.45) is 5.73 Å². The summed E-state index contributed by atoms with van der Waals surface area (Å²) in [6.07, 6.45) is -0.971. The van der Waals surface area contributed by atoms with Gasteiger partial charge in [-0.25, -0.2) is 0 Å². The van der Waals surface area contributed by atoms with Crippen LogP contribution >= 0.6 is 0 Å². The van der Waals surface area contributed by atoms with Crippen LogP contribution in [0.1, 0.15) is 13.8 Å². The standard InChI is InChI=1S/C6H14N2O3/c1-3(7)5(9)8-4(2)6(10)11/h3-5,8-9H,7H2,1-2H3,(H,10,11)/t3?,4-,5?/m0/s1. The van der Waals surface area contributed by atoms with Crippen molar-refractivity contribution in [3.63, 3.8) is 0 Å². The highest BCUT2D eigenvalue weighted by Gasteiger charge is 2.16. The van der Waals surface area contributed by atoms with E-state index in [0.29, 0.717) is 0 Å². The second-order valence-electron chi connectivity index (χ2n) is 2.53. The molecule has 0 saturated carbocycles. The smallest absolute Gasteiger partial charge is 0.320 e. The normalized spacial score (nSPS) is 18.9. The average Bonchev–Trinajstić information content (AvgIpc) is 1.87. The topological polar surface area (TPSA) is 95.6 Å². The molecule has 0 fully saturated rings. The molecule has 0 saturated heterocycles. The largest absolute Gasteiger partial charge is 0.480 e. The molecule has 0 aromatic rings. The summed E-state index contributed by atoms with van der Waals surface area (Å²) in [7, 11) is 0. The molecule has 0 heterocycles. The molecule has 0 aromatic heterocycles. The first kappa shape index (κ1) is 10.3. The molecule has 0 rings (SSSR count). The van der Waals surface area contributed by atoms with E-state index in [-0.39, 0.29) is 0 Å². The number of aliphatic hydroxyl groups is 1. The van der Waals surface area contributed by atoms with Gasteiger partial charge in [0.1, 0.15) is 12.3 Å². The van der Waals surface area contributed by atoms with Gasteiger partial charge in [0.05, 0.1) is 0 Å². The molecule has 11 heavy (non-hydrogen) atoms. The van der Waals surface area contributed by atoms with Gasteiger partial charge in [-0.3, -0.25) is 10.1 Å². The Morgan fingerprint density at radius 1 is 1.55 bits per heavy atom. The quantitative estimate of drug-likeness (QED) is 0.386. The molecule has 0 aliphatic heterocycles. The highest BCUT2D eigenvalue weighted by molar-refractivity contribution is 5.72. The van der Waals surface area contributed by atoms with Crippen molar-refractivity contribution in [1.82, 2.24) is 5.32 Å². The van der Waals surface area contributed by atoms with Crippen molar-refractivity contribution in [1.29, 1.82) is 0 Å². The number of hydrogen-bond donors (Lipinski definition) is 4. The molecule has 0 radical (unpaired) electrons. The van der Waals surface area contributed by atoms with Gasteiger partial charge in [-0.2, -0.15) is 0 Å². The van der Waals surface area contributed by atoms with Gasteiger partial charge in [0.25, 0.3) is 0 Å². The second-order valence-corrected chi connectivity index (χ2v) is 2.53. The summed E-state index contributed by atoms with van der Waals surface area (Å²) >= 11 is 0. The predicted molar refractivity (Wildman–Crippen MR) is 39.9 cm³/mol. The van der Waals surface area contributed by atoms with Crippen molar-refractivity contribution in [3.8, 4) is 0 Å². The van der Waals surface area contributed by atoms with Crippen LogP contribution in [0.3, 0.4) is 0 Å². The number of aliphatic carboxylic acids is 1. The van der Waals surface area contributed by atoms with Crippen LogP contribution in [0, 0.1) is 0 Å². The third kappa shape index (κ3) is 3.92. The summed E-state index contributed by atoms with van der Waals surface area (Å²) in [6, 6.07) is -1.26. The SMILES string of the molecule is CC(N)C(O)N[C@@H](C)C(=O)O. The van der Waals surface area contributed by atoms with E-state index < -0.39 is 24.3 Å². The summed E-state index contributed by atoms with van der Waals surface area (Å²) in [4.78, 5) is 10.2. The van der Waals surface area contributed by atoms with Crippen LogP contribution < -0.4 is 11.1 Å². The van der Waals surface area contributed by atoms with Crippen molar-refractivity contribution in [3.05, 3.63) is 0 Å². The lowest BCUT2D eigenvalue weighted by Gasteiger charge is -2.18. The molecule has 0 bridgehead atoms. The molecule has 0 spiro atoms. The van der Waals surface area contributed by atoms with Gasteiger partial charge >= 0.3 is 5.97 Å². The van der Waals surface area contributed by atoms with Crippen LogP contribution in [-0.4, -0.2) is 34.5 Å². The molecule has 5 heteroatoms. The van der Waals surface area contributed by atoms with Crippen molar-refractivity contribution in [2.75, 3.05) is 0 Å². The zero-order chi connectivity index (χ0) is 9.02. The van der Waals surface area contributed by atoms with E-state index in [1.165, 1.54) is 6.92 Å². The number of hydrogen-bond acceptors (Lipinski definition) is 4. The Hall–Kier alpha value is -0.650. The lowest BCUT2D eigenvalue weighted by Crippen LogP contribution is -2.49. The number of nitrogens with one attached hydrogen (secondary N) is 1. The van der Waals surface area contributed by atoms with Gasteiger partial charge in [0.15, 0.2) is 0 Å². The maximum atomic E-state index is 10.2. The average molecular weight is 162 g/mol. The van der Waals surface area contributed by atoms with E-state index in [2.05, 4.69) is 5.32 Å². The minimum absolute atomic E-state index is 0.475. The van der Waals surface area contributed by atoms with Crippen molar-refractivity contribution in [2.45, 2.75) is 32.2 Å². The van der Waals surface area contributed by atoms with Crippen LogP contribution in [0.2, 0.25) is 0 Å². The van der Waals surface area contributed by atoms with Crippen molar-refractivity contribution >= 4 is 5.97 Å². The van der Waals surface area contributed by atoms with E-state index in [9.17, 15) is 4.79 Å². The Kier molecular flexibility index (Phi) is 4.02. The molecule has 2 unspecified atom stereocenters. The fourth-order valence-corrected chi connectivity index (χ4v) is 0.479. The van der Waals surface area contributed by atoms with Crippen LogP contribution in [0.4, 0.5) is 0 Å². The Morgan fingerprint density at radius 2 is 2.00 bits per heavy atom. The number of carboxylic acid groups (broad SMARTS) is 1. The summed E-state index contributed by atoms with van der Waals surface area (Å²) in [5.41, 5.74) is 5.28. The molecule has 0 aliphatic carbocycles. The van der Waals surface area contributed by atoms with Gasteiger partial charge in [-0.15, -0.1) is 0 Å². The fraction of sp³-hybridized carbons (Fsp3) is 0.833. The molecule has 66 valence electrons. The third-order valence-corrected chi connectivity index (χ3v) is 1.29. The lowest BCUT2D eigenvalue weighted by molar-refractivity contribution is -0.140. The Balaban J connectivity index is 3.75. The van der Waals surface area contributed by atoms with E-state index in [4.69, 9.17) is 15.9 Å². The number of aliphatic hydroxyl groups excluding tert-OH is 1. The van der Waals surface area contributed by atoms with Gasteiger partial charge < -0.3 is 15.9 Å². The summed E-state index contributed by atoms with van der Waals surface area (Å²) in [6.45, 7) is 3.03. The zero-order valence-electron chi connectivity index (χ0n) is 6.61. The van der Waals surface area contributed by atoms with Gasteiger partial charge in [0.2, 0.25) is 0 Å². The summed E-state index contributed by atoms with van der Waals surface area (Å²) < 4.78 is 0. The lowest BCUT2D eigenvalue weighted by atomic mass is 10.2. The van der Waals surface area contributed by atoms with E-state index >= 15 is 0 Å². The monoisotopic (exact) mass is 162 g/mol. The third-order valence-electron chi connectivity index (χ3n) is 1.29. The Morgan fingerprint density at radius 3 is 2.27 bits per heavy atom. The Labute approximate surface area is 65.2 Å². The van der Waals surface area contributed by atoms with Crippen LogP contribution in [-0.2, 0) is 4.79 Å². The number of carbonyl (C=O) groups is 1. The maximum absolute atomic E-state index is 10.2. The fourth-order valence-electron chi connectivity index (χ4n) is 0.479. The molecular formula is C6H14N2O3. The van der Waals surface area contributed by atoms with Gasteiger partial charge in [-0.1, -0.05) is 0 Å². The molecule has 5 N–H and O–H groups in total. The highest BCUT2D eigenvalue weighted by atomic mass is 16.4. The zero-order valence-corrected chi connectivity index (χ0v) is 6.61. The highest BCUT2D eigenvalue weighted by Crippen LogP contribution is 1.88. The summed E-state index contributed by atoms with van der Waals surface area (Å²) in [5, 5.41) is 19.9. The molecule has 0 aromatic carbocycles.